The Kier molecular flexibility index (Phi) is 3.19. The van der Waals surface area contributed by atoms with Gasteiger partial charge in [-0.25, -0.2) is 4.79 Å². The SMILES string of the molecule is CCOC(=O)/C=C1/Sc2ccccc2N1C. The number of hydrogen-bond acceptors (Lipinski definition) is 4. The summed E-state index contributed by atoms with van der Waals surface area (Å²) in [5.74, 6) is -0.287. The summed E-state index contributed by atoms with van der Waals surface area (Å²) in [4.78, 5) is 14.5. The molecule has 0 spiro atoms. The molecule has 0 radical (unpaired) electrons. The summed E-state index contributed by atoms with van der Waals surface area (Å²) >= 11 is 1.58. The van der Waals surface area contributed by atoms with Gasteiger partial charge in [-0.1, -0.05) is 23.9 Å². The van der Waals surface area contributed by atoms with Gasteiger partial charge < -0.3 is 9.64 Å². The van der Waals surface area contributed by atoms with Crippen molar-refractivity contribution in [2.45, 2.75) is 11.8 Å². The molecule has 0 N–H and O–H groups in total. The lowest BCUT2D eigenvalue weighted by atomic mass is 10.3. The first-order valence-electron chi connectivity index (χ1n) is 5.11. The number of carbonyl (C=O) groups excluding carboxylic acids is 1. The van der Waals surface area contributed by atoms with E-state index in [0.29, 0.717) is 6.61 Å². The van der Waals surface area contributed by atoms with Crippen LogP contribution in [0.4, 0.5) is 5.69 Å². The van der Waals surface area contributed by atoms with Crippen LogP contribution in [0.25, 0.3) is 0 Å². The Hall–Kier alpha value is -1.42. The largest absolute Gasteiger partial charge is 0.463 e. The van der Waals surface area contributed by atoms with Crippen LogP contribution in [-0.4, -0.2) is 19.6 Å². The van der Waals surface area contributed by atoms with Gasteiger partial charge in [0.25, 0.3) is 0 Å². The van der Waals surface area contributed by atoms with E-state index < -0.39 is 0 Å². The molecule has 1 aliphatic rings. The number of hydrogen-bond donors (Lipinski definition) is 0. The maximum atomic E-state index is 11.4. The van der Waals surface area contributed by atoms with E-state index in [2.05, 4.69) is 0 Å². The number of thioether (sulfide) groups is 1. The summed E-state index contributed by atoms with van der Waals surface area (Å²) in [5.41, 5.74) is 1.13. The highest BCUT2D eigenvalue weighted by atomic mass is 32.2. The monoisotopic (exact) mass is 235 g/mol. The van der Waals surface area contributed by atoms with Crippen molar-refractivity contribution in [1.29, 1.82) is 0 Å². The fourth-order valence-electron chi connectivity index (χ4n) is 1.53. The van der Waals surface area contributed by atoms with Gasteiger partial charge in [-0.2, -0.15) is 0 Å². The Balaban J connectivity index is 2.21. The summed E-state index contributed by atoms with van der Waals surface area (Å²) < 4.78 is 4.90. The van der Waals surface area contributed by atoms with E-state index in [1.165, 1.54) is 11.0 Å². The van der Waals surface area contributed by atoms with Crippen LogP contribution in [-0.2, 0) is 9.53 Å². The minimum atomic E-state index is -0.287. The molecule has 0 fully saturated rings. The summed E-state index contributed by atoms with van der Waals surface area (Å²) in [6.07, 6.45) is 1.54. The molecule has 4 heteroatoms. The molecule has 2 rings (SSSR count). The van der Waals surface area contributed by atoms with Crippen LogP contribution in [0.3, 0.4) is 0 Å². The van der Waals surface area contributed by atoms with Crippen molar-refractivity contribution < 1.29 is 9.53 Å². The number of esters is 1. The van der Waals surface area contributed by atoms with Gasteiger partial charge in [0.15, 0.2) is 0 Å². The van der Waals surface area contributed by atoms with E-state index in [9.17, 15) is 4.79 Å². The third kappa shape index (κ3) is 2.07. The lowest BCUT2D eigenvalue weighted by molar-refractivity contribution is -0.137. The van der Waals surface area contributed by atoms with E-state index in [-0.39, 0.29) is 5.97 Å². The van der Waals surface area contributed by atoms with Gasteiger partial charge in [-0.05, 0) is 19.1 Å². The van der Waals surface area contributed by atoms with Crippen molar-refractivity contribution in [2.75, 3.05) is 18.6 Å². The molecular formula is C12H13NO2S. The number of nitrogens with zero attached hydrogens (tertiary/aromatic N) is 1. The predicted molar refractivity (Wildman–Crippen MR) is 65.4 cm³/mol. The van der Waals surface area contributed by atoms with Crippen LogP contribution >= 0.6 is 11.8 Å². The second kappa shape index (κ2) is 4.61. The summed E-state index contributed by atoms with van der Waals surface area (Å²) in [6.45, 7) is 2.21. The maximum Gasteiger partial charge on any atom is 0.333 e. The van der Waals surface area contributed by atoms with Crippen LogP contribution in [0.2, 0.25) is 0 Å². The lowest BCUT2D eigenvalue weighted by Crippen LogP contribution is -2.12. The van der Waals surface area contributed by atoms with Crippen LogP contribution in [0, 0.1) is 0 Å². The van der Waals surface area contributed by atoms with Crippen molar-refractivity contribution in [3.8, 4) is 0 Å². The molecular weight excluding hydrogens is 222 g/mol. The number of carbonyl (C=O) groups is 1. The van der Waals surface area contributed by atoms with Crippen LogP contribution in [0.15, 0.2) is 40.3 Å². The van der Waals surface area contributed by atoms with E-state index in [1.54, 1.807) is 18.7 Å². The molecule has 1 aromatic carbocycles. The Morgan fingerprint density at radius 1 is 1.50 bits per heavy atom. The Morgan fingerprint density at radius 2 is 2.25 bits per heavy atom. The molecule has 1 aliphatic heterocycles. The molecule has 0 unspecified atom stereocenters. The van der Waals surface area contributed by atoms with Crippen molar-refractivity contribution >= 4 is 23.4 Å². The van der Waals surface area contributed by atoms with Crippen LogP contribution < -0.4 is 4.90 Å². The van der Waals surface area contributed by atoms with Crippen molar-refractivity contribution in [1.82, 2.24) is 0 Å². The molecule has 0 atom stereocenters. The molecule has 3 nitrogen and oxygen atoms in total. The third-order valence-corrected chi connectivity index (χ3v) is 3.47. The van der Waals surface area contributed by atoms with Crippen molar-refractivity contribution in [3.05, 3.63) is 35.4 Å². The lowest BCUT2D eigenvalue weighted by Gasteiger charge is -2.12. The predicted octanol–water partition coefficient (Wildman–Crippen LogP) is 2.63. The van der Waals surface area contributed by atoms with E-state index >= 15 is 0 Å². The highest BCUT2D eigenvalue weighted by Crippen LogP contribution is 2.44. The molecule has 0 amide bonds. The summed E-state index contributed by atoms with van der Waals surface area (Å²) in [7, 11) is 1.95. The van der Waals surface area contributed by atoms with Crippen LogP contribution in [0.1, 0.15) is 6.92 Å². The van der Waals surface area contributed by atoms with E-state index in [4.69, 9.17) is 4.74 Å². The van der Waals surface area contributed by atoms with E-state index in [0.717, 1.165) is 10.7 Å². The normalized spacial score (nSPS) is 16.4. The van der Waals surface area contributed by atoms with Crippen LogP contribution in [0.5, 0.6) is 0 Å². The van der Waals surface area contributed by atoms with Gasteiger partial charge in [0.2, 0.25) is 0 Å². The third-order valence-electron chi connectivity index (χ3n) is 2.30. The highest BCUT2D eigenvalue weighted by Gasteiger charge is 2.22. The Labute approximate surface area is 99.1 Å². The molecule has 1 heterocycles. The zero-order valence-corrected chi connectivity index (χ0v) is 10.1. The Morgan fingerprint density at radius 3 is 2.94 bits per heavy atom. The van der Waals surface area contributed by atoms with Crippen molar-refractivity contribution in [2.24, 2.45) is 0 Å². The zero-order valence-electron chi connectivity index (χ0n) is 9.27. The number of benzene rings is 1. The fraction of sp³-hybridized carbons (Fsp3) is 0.250. The first kappa shape index (κ1) is 11.1. The fourth-order valence-corrected chi connectivity index (χ4v) is 2.60. The van der Waals surface area contributed by atoms with Crippen molar-refractivity contribution in [3.63, 3.8) is 0 Å². The molecule has 0 saturated carbocycles. The summed E-state index contributed by atoms with van der Waals surface area (Å²) in [5, 5.41) is 0.902. The quantitative estimate of drug-likeness (QED) is 0.582. The number of para-hydroxylation sites is 1. The average molecular weight is 235 g/mol. The van der Waals surface area contributed by atoms with Gasteiger partial charge >= 0.3 is 5.97 Å². The second-order valence-corrected chi connectivity index (χ2v) is 4.43. The Bertz CT molecular complexity index is 442. The molecule has 1 aromatic rings. The minimum absolute atomic E-state index is 0.287. The number of fused-ring (bicyclic) bond motifs is 1. The molecule has 0 saturated heterocycles. The molecule has 0 bridgehead atoms. The average Bonchev–Trinajstić information content (AvgIpc) is 2.57. The minimum Gasteiger partial charge on any atom is -0.463 e. The summed E-state index contributed by atoms with van der Waals surface area (Å²) in [6, 6.07) is 8.06. The zero-order chi connectivity index (χ0) is 11.5. The number of anilines is 1. The second-order valence-electron chi connectivity index (χ2n) is 3.36. The first-order chi connectivity index (χ1) is 7.72. The topological polar surface area (TPSA) is 29.5 Å². The van der Waals surface area contributed by atoms with Gasteiger partial charge in [0.1, 0.15) is 0 Å². The van der Waals surface area contributed by atoms with E-state index in [1.807, 2.05) is 36.2 Å². The number of rotatable bonds is 2. The van der Waals surface area contributed by atoms with Gasteiger partial charge in [0, 0.05) is 11.9 Å². The first-order valence-corrected chi connectivity index (χ1v) is 5.93. The highest BCUT2D eigenvalue weighted by molar-refractivity contribution is 8.03. The molecule has 0 aliphatic carbocycles. The van der Waals surface area contributed by atoms with Gasteiger partial charge in [-0.3, -0.25) is 0 Å². The molecule has 0 aromatic heterocycles. The standard InChI is InChI=1S/C12H13NO2S/c1-3-15-12(14)8-11-13(2)9-6-4-5-7-10(9)16-11/h4-8H,3H2,1-2H3/b11-8+. The maximum absolute atomic E-state index is 11.4. The molecule has 16 heavy (non-hydrogen) atoms. The van der Waals surface area contributed by atoms with Gasteiger partial charge in [0.05, 0.1) is 23.4 Å². The smallest absolute Gasteiger partial charge is 0.333 e. The molecule has 84 valence electrons. The van der Waals surface area contributed by atoms with Gasteiger partial charge in [-0.15, -0.1) is 0 Å². The number of ether oxygens (including phenoxy) is 1.